The topological polar surface area (TPSA) is 427 Å². The molecule has 3 aliphatic heterocycles. The quantitative estimate of drug-likeness (QED) is 0.0137. The molecular formula is C60H79N11O20S2. The summed E-state index contributed by atoms with van der Waals surface area (Å²) in [6.07, 6.45) is -7.28. The van der Waals surface area contributed by atoms with Gasteiger partial charge in [-0.2, -0.15) is 11.5 Å². The van der Waals surface area contributed by atoms with Gasteiger partial charge in [0.05, 0.1) is 56.8 Å². The first-order valence-corrected chi connectivity index (χ1v) is 31.6. The third-order valence-corrected chi connectivity index (χ3v) is 17.4. The lowest BCUT2D eigenvalue weighted by Crippen LogP contribution is -2.64. The molecule has 3 aromatic carbocycles. The number of rotatable bonds is 25. The van der Waals surface area contributed by atoms with Crippen molar-refractivity contribution in [1.82, 2.24) is 51.6 Å². The predicted octanol–water partition coefficient (Wildman–Crippen LogP) is 0.0213. The maximum absolute atomic E-state index is 14.9. The maximum atomic E-state index is 14.9. The van der Waals surface area contributed by atoms with Gasteiger partial charge in [-0.3, -0.25) is 33.6 Å². The monoisotopic (exact) mass is 1340 g/mol. The average molecular weight is 1340 g/mol. The van der Waals surface area contributed by atoms with Crippen LogP contribution in [0.15, 0.2) is 66.7 Å². The number of aliphatic hydroxyl groups is 6. The highest BCUT2D eigenvalue weighted by Crippen LogP contribution is 2.33. The van der Waals surface area contributed by atoms with Crippen molar-refractivity contribution in [2.45, 2.75) is 145 Å². The molecule has 93 heavy (non-hydrogen) atoms. The van der Waals surface area contributed by atoms with Gasteiger partial charge < -0.3 is 85.8 Å². The zero-order valence-corrected chi connectivity index (χ0v) is 53.1. The zero-order valence-electron chi connectivity index (χ0n) is 51.4. The number of hydrogen-bond acceptors (Lipinski definition) is 25. The summed E-state index contributed by atoms with van der Waals surface area (Å²) in [5, 5.41) is 115. The number of carbonyl (C=O) groups is 7. The van der Waals surface area contributed by atoms with E-state index in [9.17, 15) is 69.3 Å². The van der Waals surface area contributed by atoms with E-state index in [0.29, 0.717) is 27.9 Å². The van der Waals surface area contributed by atoms with Crippen LogP contribution in [0.2, 0.25) is 0 Å². The number of methoxy groups -OCH3 is 1. The van der Waals surface area contributed by atoms with Gasteiger partial charge in [-0.05, 0) is 80.3 Å². The minimum atomic E-state index is -2.14. The van der Waals surface area contributed by atoms with Crippen molar-refractivity contribution in [3.63, 3.8) is 0 Å². The second-order valence-electron chi connectivity index (χ2n) is 23.0. The molecule has 506 valence electrons. The molecule has 0 saturated carbocycles. The van der Waals surface area contributed by atoms with Crippen molar-refractivity contribution in [1.29, 1.82) is 0 Å². The molecule has 13 atom stereocenters. The third-order valence-electron chi connectivity index (χ3n) is 16.0. The number of aromatic hydroxyl groups is 1. The summed E-state index contributed by atoms with van der Waals surface area (Å²) in [4.78, 5) is 107. The first kappa shape index (κ1) is 72.6. The van der Waals surface area contributed by atoms with E-state index in [4.69, 9.17) is 25.5 Å². The van der Waals surface area contributed by atoms with E-state index in [1.165, 1.54) is 49.6 Å². The maximum Gasteiger partial charge on any atom is 0.261 e. The minimum Gasteiger partial charge on any atom is -0.504 e. The van der Waals surface area contributed by atoms with Crippen molar-refractivity contribution in [2.75, 3.05) is 53.6 Å². The zero-order chi connectivity index (χ0) is 67.5. The van der Waals surface area contributed by atoms with Gasteiger partial charge in [0.1, 0.15) is 52.0 Å². The van der Waals surface area contributed by atoms with Crippen LogP contribution in [0.1, 0.15) is 81.1 Å². The van der Waals surface area contributed by atoms with Gasteiger partial charge in [0.2, 0.25) is 35.4 Å². The van der Waals surface area contributed by atoms with Crippen LogP contribution in [0, 0.1) is 12.5 Å². The van der Waals surface area contributed by atoms with Crippen molar-refractivity contribution >= 4 is 65.0 Å². The molecule has 31 nitrogen and oxygen atoms in total. The van der Waals surface area contributed by atoms with E-state index >= 15 is 0 Å². The van der Waals surface area contributed by atoms with Crippen LogP contribution in [0.25, 0.3) is 26.1 Å². The molecule has 0 radical (unpaired) electrons. The summed E-state index contributed by atoms with van der Waals surface area (Å²) in [6.45, 7) is 9.58. The molecule has 33 heteroatoms. The number of nitrogens with zero attached hydrogens (tertiary/aromatic N) is 6. The molecule has 0 bridgehead atoms. The number of phenols is 1. The molecule has 4 aromatic rings. The number of fused-ring (bicyclic) bond motifs is 2. The molecule has 3 fully saturated rings. The van der Waals surface area contributed by atoms with Gasteiger partial charge in [-0.1, -0.05) is 65.1 Å². The Balaban J connectivity index is 1.16. The number of aliphatic hydroxyl groups excluding tert-OH is 6. The fourth-order valence-electron chi connectivity index (χ4n) is 10.9. The Hall–Kier alpha value is -7.85. The van der Waals surface area contributed by atoms with Crippen molar-refractivity contribution in [3.05, 3.63) is 89.4 Å². The number of β-amino-alcohol motifs (C(OH)–C–C–N with tert-alkyl or cyclic N) is 1. The number of nitrogens with one attached hydrogen (secondary N) is 5. The molecule has 0 aliphatic carbocycles. The smallest absolute Gasteiger partial charge is 0.261 e. The molecule has 7 amide bonds. The van der Waals surface area contributed by atoms with E-state index < -0.39 is 158 Å². The Kier molecular flexibility index (Phi) is 27.2. The largest absolute Gasteiger partial charge is 0.504 e. The van der Waals surface area contributed by atoms with Gasteiger partial charge in [0.15, 0.2) is 11.5 Å². The molecule has 3 aliphatic rings. The van der Waals surface area contributed by atoms with Crippen molar-refractivity contribution in [3.8, 4) is 38.4 Å². The summed E-state index contributed by atoms with van der Waals surface area (Å²) in [5.41, 5.74) is 1.51. The van der Waals surface area contributed by atoms with Gasteiger partial charge >= 0.3 is 0 Å². The molecule has 3 saturated heterocycles. The summed E-state index contributed by atoms with van der Waals surface area (Å²) in [7, 11) is 3.07. The number of benzene rings is 3. The molecule has 13 N–H and O–H groups in total. The highest BCUT2D eigenvalue weighted by atomic mass is 32.2. The van der Waals surface area contributed by atoms with Crippen LogP contribution >= 0.6 is 23.7 Å². The summed E-state index contributed by atoms with van der Waals surface area (Å²) in [6, 6.07) is 5.80. The minimum absolute atomic E-state index is 0.0133. The number of phenolic OH excluding ortho intramolecular Hbond substituents is 1. The van der Waals surface area contributed by atoms with Crippen LogP contribution in [0.3, 0.4) is 0 Å². The van der Waals surface area contributed by atoms with Crippen LogP contribution in [0.5, 0.6) is 17.2 Å². The van der Waals surface area contributed by atoms with Gasteiger partial charge in [-0.15, -0.1) is 15.2 Å². The Bertz CT molecular complexity index is 3220. The summed E-state index contributed by atoms with van der Waals surface area (Å²) < 4.78 is 20.4. The molecule has 4 heterocycles. The number of hydrogen-bond donors (Lipinski definition) is 13. The first-order chi connectivity index (χ1) is 44.5. The highest BCUT2D eigenvalue weighted by Gasteiger charge is 2.50. The summed E-state index contributed by atoms with van der Waals surface area (Å²) >= 11 is 1.37. The van der Waals surface area contributed by atoms with Crippen molar-refractivity contribution < 1.29 is 97.6 Å². The first-order valence-electron chi connectivity index (χ1n) is 30.1. The number of unbranched alkanes of at least 4 members (excludes halogenated alkanes) is 4. The Morgan fingerprint density at radius 3 is 2.09 bits per heavy atom. The Morgan fingerprint density at radius 1 is 0.796 bits per heavy atom. The Morgan fingerprint density at radius 2 is 1.43 bits per heavy atom. The normalized spacial score (nSPS) is 24.4. The lowest BCUT2D eigenvalue weighted by molar-refractivity contribution is -0.433. The van der Waals surface area contributed by atoms with E-state index in [1.807, 2.05) is 24.3 Å². The number of ether oxygens (including phenoxy) is 2. The average Bonchev–Trinajstić information content (AvgIpc) is 1.75. The molecular weight excluding hydrogens is 1260 g/mol. The molecule has 0 unspecified atom stereocenters. The van der Waals surface area contributed by atoms with E-state index in [2.05, 4.69) is 51.1 Å². The van der Waals surface area contributed by atoms with Crippen LogP contribution in [-0.2, 0) is 49.3 Å². The predicted molar refractivity (Wildman–Crippen MR) is 331 cm³/mol. The van der Waals surface area contributed by atoms with E-state index in [0.717, 1.165) is 72.1 Å². The SMILES string of the molecule is [C-]#[N+]N(C)CC[C@@H](O)[C@@H]1NC(=O)[C@H]([C@H](O)Cc2ccc(O)c(OSOOO)c2)NC(=O)[C@@H]2C[C@H](O)CN2C(=O)[C@H]([C@H](C)O)NC(=O)[C@@H](NC(=O)c2ccc(-c3nnc(-c4ccc(OCCCCCCCOC)cc4)s3)cc2)C[C@H](O)CNC(=O)[C@@H]2[C@@H](O)[C@H](C)CN2C1=O. The van der Waals surface area contributed by atoms with Gasteiger partial charge in [0.25, 0.3) is 18.2 Å². The fraction of sp³-hybridized carbons (Fsp3) is 0.533. The van der Waals surface area contributed by atoms with E-state index in [-0.39, 0.29) is 48.7 Å². The number of amides is 7. The fourth-order valence-corrected chi connectivity index (χ4v) is 12.0. The molecule has 0 spiro atoms. The third kappa shape index (κ3) is 19.8. The van der Waals surface area contributed by atoms with Crippen LogP contribution in [-0.4, -0.2) is 234 Å². The number of aromatic nitrogens is 2. The second kappa shape index (κ2) is 34.9. The lowest BCUT2D eigenvalue weighted by atomic mass is 9.98. The lowest BCUT2D eigenvalue weighted by Gasteiger charge is -2.34. The Labute approximate surface area is 543 Å². The van der Waals surface area contributed by atoms with Gasteiger partial charge in [0, 0.05) is 75.2 Å². The standard InChI is InChI=1S/C60H79N11O20S2/c1-32-30-71-50(51(32)78)56(83)62-29-38(73)27-41(63-52(79)35-12-14-36(15-13-35)57-67-68-58(92-57)37-16-18-40(19-17-37)88-24-10-8-6-7-9-23-87-5)53(80)64-47(33(2)72)59(84)70-31-39(74)28-42(70)54(81)65-48(55(82)66-49(60(71)85)44(76)21-22-69(4)61-3)45(77)25-34-11-20-43(75)46(26-34)89-93-91-90-86/h11-20,26,32-33,38-39,41-42,44-45,47-51,72-78,86H,6-10,21-25,27-31H2,1-2,4-5H3,(H,62,83)(H,63,79)(H,64,80)(H,65,81)(H,66,82)/t32-,33+,38+,39+,41+,42+,44-,45-,47+,48+,49+,50+,51+/m1/s1. The molecule has 7 rings (SSSR count). The second-order valence-corrected chi connectivity index (χ2v) is 24.4. The summed E-state index contributed by atoms with van der Waals surface area (Å²) in [5.74, 6) is -8.79. The van der Waals surface area contributed by atoms with E-state index in [1.54, 1.807) is 19.2 Å². The van der Waals surface area contributed by atoms with Gasteiger partial charge in [-0.25, -0.2) is 5.26 Å². The number of carbonyl (C=O) groups excluding carboxylic acids is 7. The van der Waals surface area contributed by atoms with Crippen LogP contribution in [0.4, 0.5) is 0 Å². The molecule has 1 aromatic heterocycles. The van der Waals surface area contributed by atoms with Crippen molar-refractivity contribution in [2.24, 2.45) is 5.92 Å². The van der Waals surface area contributed by atoms with Crippen LogP contribution < -0.4 is 35.5 Å². The highest BCUT2D eigenvalue weighted by molar-refractivity contribution is 7.90.